The second-order valence-corrected chi connectivity index (χ2v) is 6.64. The van der Waals surface area contributed by atoms with Crippen molar-refractivity contribution >= 4 is 5.57 Å². The van der Waals surface area contributed by atoms with Crippen LogP contribution in [0.2, 0.25) is 0 Å². The Morgan fingerprint density at radius 2 is 1.88 bits per heavy atom. The van der Waals surface area contributed by atoms with Crippen molar-refractivity contribution in [2.24, 2.45) is 16.7 Å². The summed E-state index contributed by atoms with van der Waals surface area (Å²) in [6, 6.07) is 0. The van der Waals surface area contributed by atoms with Crippen LogP contribution in [0.1, 0.15) is 52.5 Å². The van der Waals surface area contributed by atoms with Gasteiger partial charge in [-0.15, -0.1) is 0 Å². The molecule has 2 aliphatic rings. The average molecular weight is 231 g/mol. The van der Waals surface area contributed by atoms with Crippen molar-refractivity contribution in [3.8, 4) is 0 Å². The Bertz CT molecular complexity index is 505. The quantitative estimate of drug-likeness (QED) is 0.672. The second kappa shape index (κ2) is 3.04. The van der Waals surface area contributed by atoms with E-state index in [9.17, 15) is 0 Å². The first kappa shape index (κ1) is 11.1. The number of rotatable bonds is 0. The van der Waals surface area contributed by atoms with Crippen molar-refractivity contribution in [1.82, 2.24) is 4.98 Å². The van der Waals surface area contributed by atoms with E-state index in [-0.39, 0.29) is 10.8 Å². The minimum atomic E-state index is 0.199. The van der Waals surface area contributed by atoms with Crippen molar-refractivity contribution < 1.29 is 4.42 Å². The average Bonchev–Trinajstić information content (AvgIpc) is 2.77. The summed E-state index contributed by atoms with van der Waals surface area (Å²) in [5.41, 5.74) is 4.69. The Morgan fingerprint density at radius 1 is 1.18 bits per heavy atom. The molecule has 0 saturated carbocycles. The molecule has 0 aromatic carbocycles. The Morgan fingerprint density at radius 3 is 2.59 bits per heavy atom. The van der Waals surface area contributed by atoms with Gasteiger partial charge in [0.1, 0.15) is 11.5 Å². The number of fused-ring (bicyclic) bond motifs is 2. The van der Waals surface area contributed by atoms with E-state index in [1.165, 1.54) is 5.57 Å². The highest BCUT2D eigenvalue weighted by Crippen LogP contribution is 2.62. The topological polar surface area (TPSA) is 26.0 Å². The van der Waals surface area contributed by atoms with E-state index in [2.05, 4.69) is 39.6 Å². The molecule has 1 aromatic heterocycles. The zero-order valence-electron chi connectivity index (χ0n) is 11.4. The smallest absolute Gasteiger partial charge is 0.181 e. The molecule has 0 spiro atoms. The Hall–Kier alpha value is -1.05. The van der Waals surface area contributed by atoms with Gasteiger partial charge in [-0.2, -0.15) is 0 Å². The number of oxazole rings is 1. The molecule has 0 bridgehead atoms. The molecule has 1 aromatic rings. The van der Waals surface area contributed by atoms with Gasteiger partial charge >= 0.3 is 0 Å². The fourth-order valence-electron chi connectivity index (χ4n) is 3.88. The highest BCUT2D eigenvalue weighted by atomic mass is 16.3. The summed E-state index contributed by atoms with van der Waals surface area (Å²) in [7, 11) is 0. The zero-order chi connectivity index (χ0) is 12.4. The largest absolute Gasteiger partial charge is 0.448 e. The number of nitrogens with zero attached hydrogens (tertiary/aromatic N) is 1. The van der Waals surface area contributed by atoms with Crippen LogP contribution in [0.3, 0.4) is 0 Å². The number of aromatic nitrogens is 1. The van der Waals surface area contributed by atoms with Gasteiger partial charge < -0.3 is 4.42 Å². The van der Waals surface area contributed by atoms with Gasteiger partial charge in [0, 0.05) is 6.42 Å². The predicted octanol–water partition coefficient (Wildman–Crippen LogP) is 4.08. The van der Waals surface area contributed by atoms with E-state index in [4.69, 9.17) is 4.42 Å². The lowest BCUT2D eigenvalue weighted by Gasteiger charge is -2.34. The van der Waals surface area contributed by atoms with Gasteiger partial charge in [-0.25, -0.2) is 4.98 Å². The van der Waals surface area contributed by atoms with Crippen LogP contribution in [-0.4, -0.2) is 4.98 Å². The summed E-state index contributed by atoms with van der Waals surface area (Å²) in [6.45, 7) is 11.8. The molecular weight excluding hydrogens is 210 g/mol. The van der Waals surface area contributed by atoms with Gasteiger partial charge in [0.2, 0.25) is 0 Å². The lowest BCUT2D eigenvalue weighted by molar-refractivity contribution is 0.198. The van der Waals surface area contributed by atoms with Crippen LogP contribution in [0.5, 0.6) is 0 Å². The van der Waals surface area contributed by atoms with Crippen LogP contribution >= 0.6 is 0 Å². The third-order valence-corrected chi connectivity index (χ3v) is 5.37. The third kappa shape index (κ3) is 1.19. The van der Waals surface area contributed by atoms with Crippen molar-refractivity contribution in [1.29, 1.82) is 0 Å². The number of hydrogen-bond acceptors (Lipinski definition) is 2. The molecule has 2 nitrogen and oxygen atoms in total. The maximum atomic E-state index is 5.52. The van der Waals surface area contributed by atoms with Crippen LogP contribution in [0, 0.1) is 16.7 Å². The molecular formula is C15H21NO. The highest BCUT2D eigenvalue weighted by molar-refractivity contribution is 5.77. The molecule has 1 heterocycles. The molecule has 1 unspecified atom stereocenters. The van der Waals surface area contributed by atoms with Crippen molar-refractivity contribution in [3.05, 3.63) is 23.4 Å². The number of aryl methyl sites for hydroxylation is 1. The van der Waals surface area contributed by atoms with E-state index >= 15 is 0 Å². The summed E-state index contributed by atoms with van der Waals surface area (Å²) in [5, 5.41) is 0. The van der Waals surface area contributed by atoms with Gasteiger partial charge in [-0.1, -0.05) is 40.2 Å². The summed E-state index contributed by atoms with van der Waals surface area (Å²) in [6.07, 6.45) is 3.76. The molecule has 0 N–H and O–H groups in total. The Kier molecular flexibility index (Phi) is 1.98. The fourth-order valence-corrected chi connectivity index (χ4v) is 3.88. The first-order chi connectivity index (χ1) is 7.87. The maximum Gasteiger partial charge on any atom is 0.181 e. The molecule has 17 heavy (non-hydrogen) atoms. The molecule has 0 radical (unpaired) electrons. The summed E-state index contributed by atoms with van der Waals surface area (Å²) in [5.74, 6) is 1.73. The monoisotopic (exact) mass is 231 g/mol. The van der Waals surface area contributed by atoms with Crippen LogP contribution < -0.4 is 0 Å². The maximum absolute atomic E-state index is 5.52. The van der Waals surface area contributed by atoms with Crippen molar-refractivity contribution in [3.63, 3.8) is 0 Å². The second-order valence-electron chi connectivity index (χ2n) is 6.64. The number of hydrogen-bond donors (Lipinski definition) is 0. The summed E-state index contributed by atoms with van der Waals surface area (Å²) >= 11 is 0. The van der Waals surface area contributed by atoms with Crippen molar-refractivity contribution in [2.45, 2.75) is 47.5 Å². The van der Waals surface area contributed by atoms with Crippen LogP contribution in [0.4, 0.5) is 0 Å². The highest BCUT2D eigenvalue weighted by Gasteiger charge is 2.52. The molecule has 0 amide bonds. The van der Waals surface area contributed by atoms with Crippen LogP contribution in [0.25, 0.3) is 5.57 Å². The Labute approximate surface area is 103 Å². The fraction of sp³-hybridized carbons (Fsp3) is 0.667. The molecule has 3 rings (SSSR count). The standard InChI is InChI=1S/C15H21NO/c1-9-14(2,3)10-6-7-11-13(16-8-17-11)12(10)15(9,4)5/h8-9H,6-7H2,1-5H3. The van der Waals surface area contributed by atoms with Gasteiger partial charge in [0.25, 0.3) is 0 Å². The molecule has 2 heteroatoms. The Balaban J connectivity index is 2.27. The first-order valence-electron chi connectivity index (χ1n) is 6.53. The lowest BCUT2D eigenvalue weighted by atomic mass is 9.69. The van der Waals surface area contributed by atoms with E-state index < -0.39 is 0 Å². The van der Waals surface area contributed by atoms with Gasteiger partial charge in [0.15, 0.2) is 6.39 Å². The lowest BCUT2D eigenvalue weighted by Crippen LogP contribution is -2.27. The van der Waals surface area contributed by atoms with Crippen LogP contribution in [0.15, 0.2) is 16.4 Å². The van der Waals surface area contributed by atoms with Crippen LogP contribution in [-0.2, 0) is 6.42 Å². The molecule has 92 valence electrons. The first-order valence-corrected chi connectivity index (χ1v) is 6.53. The zero-order valence-corrected chi connectivity index (χ0v) is 11.4. The summed E-state index contributed by atoms with van der Waals surface area (Å²) < 4.78 is 5.52. The minimum Gasteiger partial charge on any atom is -0.448 e. The molecule has 2 aliphatic carbocycles. The predicted molar refractivity (Wildman–Crippen MR) is 68.5 cm³/mol. The van der Waals surface area contributed by atoms with Gasteiger partial charge in [-0.3, -0.25) is 0 Å². The van der Waals surface area contributed by atoms with Gasteiger partial charge in [0.05, 0.1) is 0 Å². The van der Waals surface area contributed by atoms with E-state index in [1.54, 1.807) is 12.0 Å². The molecule has 0 fully saturated rings. The SMILES string of the molecule is CC1C(C)(C)C2=C(c3ncoc3CC2)C1(C)C. The van der Waals surface area contributed by atoms with E-state index in [1.807, 2.05) is 0 Å². The van der Waals surface area contributed by atoms with Gasteiger partial charge in [-0.05, 0) is 28.7 Å². The van der Waals surface area contributed by atoms with E-state index in [0.29, 0.717) is 5.92 Å². The minimum absolute atomic E-state index is 0.199. The molecule has 0 saturated heterocycles. The van der Waals surface area contributed by atoms with E-state index in [0.717, 1.165) is 24.3 Å². The van der Waals surface area contributed by atoms with Crippen molar-refractivity contribution in [2.75, 3.05) is 0 Å². The normalized spacial score (nSPS) is 29.1. The molecule has 0 aliphatic heterocycles. The molecule has 1 atom stereocenters. The number of allylic oxidation sites excluding steroid dienone is 2. The third-order valence-electron chi connectivity index (χ3n) is 5.37. The summed E-state index contributed by atoms with van der Waals surface area (Å²) in [4.78, 5) is 4.47.